The molecule has 1 rings (SSSR count). The molecule has 2 N–H and O–H groups in total. The van der Waals surface area contributed by atoms with Gasteiger partial charge in [0.05, 0.1) is 0 Å². The molecule has 66 valence electrons. The van der Waals surface area contributed by atoms with Gasteiger partial charge in [0.25, 0.3) is 0 Å². The number of hydrogen-bond acceptors (Lipinski definition) is 2. The first-order chi connectivity index (χ1) is 5.49. The van der Waals surface area contributed by atoms with Crippen LogP contribution in [-0.2, 0) is 0 Å². The third kappa shape index (κ3) is 2.78. The first kappa shape index (κ1) is 9.46. The molecule has 1 aromatic rings. The fraction of sp³-hybridized carbons (Fsp3) is 0.400. The van der Waals surface area contributed by atoms with E-state index in [4.69, 9.17) is 5.73 Å². The van der Waals surface area contributed by atoms with Gasteiger partial charge in [-0.1, -0.05) is 32.9 Å². The molecule has 0 aliphatic heterocycles. The third-order valence-corrected chi connectivity index (χ3v) is 2.54. The Bertz CT molecular complexity index is 263. The van der Waals surface area contributed by atoms with E-state index in [1.165, 1.54) is 4.90 Å². The van der Waals surface area contributed by atoms with Crippen LogP contribution in [-0.4, -0.2) is 4.75 Å². The van der Waals surface area contributed by atoms with Crippen LogP contribution in [0.4, 0.5) is 5.69 Å². The highest BCUT2D eigenvalue weighted by Gasteiger charge is 2.12. The van der Waals surface area contributed by atoms with Crippen molar-refractivity contribution in [3.05, 3.63) is 24.3 Å². The summed E-state index contributed by atoms with van der Waals surface area (Å²) in [5, 5.41) is 0. The van der Waals surface area contributed by atoms with E-state index < -0.39 is 0 Å². The molecule has 0 radical (unpaired) electrons. The van der Waals surface area contributed by atoms with Gasteiger partial charge in [-0.25, -0.2) is 0 Å². The minimum Gasteiger partial charge on any atom is -0.398 e. The highest BCUT2D eigenvalue weighted by Crippen LogP contribution is 2.34. The molecule has 0 atom stereocenters. The maximum absolute atomic E-state index is 5.81. The van der Waals surface area contributed by atoms with E-state index in [1.54, 1.807) is 11.8 Å². The molecule has 0 saturated carbocycles. The first-order valence-electron chi connectivity index (χ1n) is 4.02. The Morgan fingerprint density at radius 3 is 2.25 bits per heavy atom. The van der Waals surface area contributed by atoms with Gasteiger partial charge in [-0.15, -0.1) is 11.8 Å². The van der Waals surface area contributed by atoms with Gasteiger partial charge in [0.1, 0.15) is 0 Å². The Labute approximate surface area is 78.4 Å². The van der Waals surface area contributed by atoms with Crippen molar-refractivity contribution in [2.45, 2.75) is 30.4 Å². The summed E-state index contributed by atoms with van der Waals surface area (Å²) in [4.78, 5) is 1.17. The zero-order chi connectivity index (χ0) is 9.19. The highest BCUT2D eigenvalue weighted by atomic mass is 32.2. The third-order valence-electron chi connectivity index (χ3n) is 1.34. The molecule has 1 nitrogen and oxygen atoms in total. The maximum atomic E-state index is 5.81. The van der Waals surface area contributed by atoms with Crippen molar-refractivity contribution >= 4 is 17.4 Å². The number of hydrogen-bond donors (Lipinski definition) is 1. The summed E-state index contributed by atoms with van der Waals surface area (Å²) in [7, 11) is 0. The predicted octanol–water partition coefficient (Wildman–Crippen LogP) is 3.16. The fourth-order valence-electron chi connectivity index (χ4n) is 0.903. The lowest BCUT2D eigenvalue weighted by Gasteiger charge is -2.18. The van der Waals surface area contributed by atoms with E-state index in [-0.39, 0.29) is 4.75 Å². The molecule has 0 aliphatic carbocycles. The minimum atomic E-state index is 0.232. The number of anilines is 1. The second-order valence-electron chi connectivity index (χ2n) is 3.75. The number of nitrogens with two attached hydrogens (primary N) is 1. The molecule has 1 aromatic carbocycles. The van der Waals surface area contributed by atoms with E-state index in [1.807, 2.05) is 18.2 Å². The van der Waals surface area contributed by atoms with Crippen molar-refractivity contribution in [1.82, 2.24) is 0 Å². The van der Waals surface area contributed by atoms with Crippen LogP contribution in [0.2, 0.25) is 0 Å². The van der Waals surface area contributed by atoms with E-state index in [2.05, 4.69) is 26.8 Å². The summed E-state index contributed by atoms with van der Waals surface area (Å²) in [6.07, 6.45) is 0. The lowest BCUT2D eigenvalue weighted by Crippen LogP contribution is -2.07. The molecule has 0 amide bonds. The Kier molecular flexibility index (Phi) is 2.68. The number of thioether (sulfide) groups is 1. The van der Waals surface area contributed by atoms with E-state index in [9.17, 15) is 0 Å². The Morgan fingerprint density at radius 2 is 1.75 bits per heavy atom. The predicted molar refractivity (Wildman–Crippen MR) is 56.5 cm³/mol. The Hall–Kier alpha value is -0.630. The molecule has 0 saturated heterocycles. The second kappa shape index (κ2) is 3.40. The number of benzene rings is 1. The molecule has 0 spiro atoms. The smallest absolute Gasteiger partial charge is 0.0452 e. The van der Waals surface area contributed by atoms with Gasteiger partial charge in [0, 0.05) is 15.3 Å². The van der Waals surface area contributed by atoms with Crippen molar-refractivity contribution in [2.24, 2.45) is 0 Å². The molecule has 12 heavy (non-hydrogen) atoms. The van der Waals surface area contributed by atoms with Crippen LogP contribution in [0, 0.1) is 0 Å². The molecule has 0 heterocycles. The number of nitrogen functional groups attached to an aromatic ring is 1. The summed E-state index contributed by atoms with van der Waals surface area (Å²) in [5.41, 5.74) is 6.68. The zero-order valence-electron chi connectivity index (χ0n) is 7.79. The lowest BCUT2D eigenvalue weighted by atomic mass is 10.3. The van der Waals surface area contributed by atoms with E-state index in [0.717, 1.165) is 5.69 Å². The minimum absolute atomic E-state index is 0.232. The summed E-state index contributed by atoms with van der Waals surface area (Å²) < 4.78 is 0.232. The van der Waals surface area contributed by atoms with Gasteiger partial charge in [0.2, 0.25) is 0 Å². The molecular formula is C10H15NS. The van der Waals surface area contributed by atoms with E-state index >= 15 is 0 Å². The normalized spacial score (nSPS) is 11.6. The van der Waals surface area contributed by atoms with Crippen LogP contribution >= 0.6 is 11.8 Å². The van der Waals surface area contributed by atoms with Crippen molar-refractivity contribution in [1.29, 1.82) is 0 Å². The van der Waals surface area contributed by atoms with Crippen LogP contribution < -0.4 is 5.73 Å². The molecule has 0 aromatic heterocycles. The van der Waals surface area contributed by atoms with Crippen LogP contribution in [0.15, 0.2) is 29.2 Å². The van der Waals surface area contributed by atoms with Crippen molar-refractivity contribution in [2.75, 3.05) is 5.73 Å². The van der Waals surface area contributed by atoms with Crippen LogP contribution in [0.25, 0.3) is 0 Å². The molecule has 0 aliphatic rings. The average Bonchev–Trinajstić information content (AvgIpc) is 1.91. The molecule has 0 fully saturated rings. The lowest BCUT2D eigenvalue weighted by molar-refractivity contribution is 0.803. The highest BCUT2D eigenvalue weighted by molar-refractivity contribution is 8.00. The molecule has 2 heteroatoms. The van der Waals surface area contributed by atoms with E-state index in [0.29, 0.717) is 0 Å². The van der Waals surface area contributed by atoms with Crippen LogP contribution in [0.3, 0.4) is 0 Å². The first-order valence-corrected chi connectivity index (χ1v) is 4.84. The SMILES string of the molecule is CC(C)(C)Sc1ccccc1N. The van der Waals surface area contributed by atoms with Crippen LogP contribution in [0.5, 0.6) is 0 Å². The zero-order valence-corrected chi connectivity index (χ0v) is 8.61. The largest absolute Gasteiger partial charge is 0.398 e. The Balaban J connectivity index is 2.83. The monoisotopic (exact) mass is 181 g/mol. The topological polar surface area (TPSA) is 26.0 Å². The molecular weight excluding hydrogens is 166 g/mol. The van der Waals surface area contributed by atoms with Gasteiger partial charge < -0.3 is 5.73 Å². The van der Waals surface area contributed by atoms with Crippen molar-refractivity contribution in [3.63, 3.8) is 0 Å². The van der Waals surface area contributed by atoms with Crippen molar-refractivity contribution in [3.8, 4) is 0 Å². The summed E-state index contributed by atoms with van der Waals surface area (Å²) >= 11 is 1.80. The van der Waals surface area contributed by atoms with Gasteiger partial charge in [-0.2, -0.15) is 0 Å². The standard InChI is InChI=1S/C10H15NS/c1-10(2,3)12-9-7-5-4-6-8(9)11/h4-7H,11H2,1-3H3. The van der Waals surface area contributed by atoms with Gasteiger partial charge >= 0.3 is 0 Å². The molecule has 0 bridgehead atoms. The fourth-order valence-corrected chi connectivity index (χ4v) is 1.90. The summed E-state index contributed by atoms with van der Waals surface area (Å²) in [5.74, 6) is 0. The van der Waals surface area contributed by atoms with Crippen molar-refractivity contribution < 1.29 is 0 Å². The number of rotatable bonds is 1. The summed E-state index contributed by atoms with van der Waals surface area (Å²) in [6, 6.07) is 7.98. The second-order valence-corrected chi connectivity index (χ2v) is 5.62. The van der Waals surface area contributed by atoms with Crippen LogP contribution in [0.1, 0.15) is 20.8 Å². The molecule has 0 unspecified atom stereocenters. The van der Waals surface area contributed by atoms with Gasteiger partial charge in [0.15, 0.2) is 0 Å². The Morgan fingerprint density at radius 1 is 1.17 bits per heavy atom. The van der Waals surface area contributed by atoms with Gasteiger partial charge in [-0.05, 0) is 12.1 Å². The average molecular weight is 181 g/mol. The quantitative estimate of drug-likeness (QED) is 0.532. The maximum Gasteiger partial charge on any atom is 0.0452 e. The van der Waals surface area contributed by atoms with Gasteiger partial charge in [-0.3, -0.25) is 0 Å². The summed E-state index contributed by atoms with van der Waals surface area (Å²) in [6.45, 7) is 6.55. The number of para-hydroxylation sites is 1.